The lowest BCUT2D eigenvalue weighted by atomic mass is 10.1. The number of carbonyl (C=O) groups excluding carboxylic acids is 3. The zero-order chi connectivity index (χ0) is 29.5. The van der Waals surface area contributed by atoms with Crippen molar-refractivity contribution in [3.8, 4) is 11.5 Å². The van der Waals surface area contributed by atoms with E-state index in [1.54, 1.807) is 17.0 Å². The molecule has 0 bridgehead atoms. The van der Waals surface area contributed by atoms with Gasteiger partial charge in [0.15, 0.2) is 29.0 Å². The van der Waals surface area contributed by atoms with Crippen LogP contribution >= 0.6 is 11.3 Å². The van der Waals surface area contributed by atoms with E-state index in [1.165, 1.54) is 36.7 Å². The Morgan fingerprint density at radius 3 is 2.67 bits per heavy atom. The Bertz CT molecular complexity index is 1420. The molecule has 222 valence electrons. The third-order valence-electron chi connectivity index (χ3n) is 7.23. The summed E-state index contributed by atoms with van der Waals surface area (Å²) in [6, 6.07) is 12.3. The number of methoxy groups -OCH3 is 1. The predicted octanol–water partition coefficient (Wildman–Crippen LogP) is 2.54. The van der Waals surface area contributed by atoms with Crippen molar-refractivity contribution in [2.24, 2.45) is 0 Å². The van der Waals surface area contributed by atoms with E-state index < -0.39 is 0 Å². The molecule has 12 heteroatoms. The van der Waals surface area contributed by atoms with E-state index in [0.29, 0.717) is 41.9 Å². The molecule has 3 aromatic rings. The Morgan fingerprint density at radius 2 is 1.88 bits per heavy atom. The second-order valence-corrected chi connectivity index (χ2v) is 11.3. The number of hydrogen-bond donors (Lipinski definition) is 1. The van der Waals surface area contributed by atoms with Crippen LogP contribution in [0.4, 0.5) is 5.13 Å². The van der Waals surface area contributed by atoms with Crippen molar-refractivity contribution in [3.05, 3.63) is 60.2 Å². The van der Waals surface area contributed by atoms with E-state index in [1.807, 2.05) is 24.3 Å². The number of ether oxygens (including phenoxy) is 3. The minimum Gasteiger partial charge on any atom is -0.493 e. The van der Waals surface area contributed by atoms with Gasteiger partial charge in [0.2, 0.25) is 5.91 Å². The zero-order valence-corrected chi connectivity index (χ0v) is 24.6. The van der Waals surface area contributed by atoms with E-state index in [0.717, 1.165) is 42.9 Å². The van der Waals surface area contributed by atoms with Gasteiger partial charge in [-0.25, -0.2) is 4.98 Å². The number of benzene rings is 2. The monoisotopic (exact) mass is 593 g/mol. The maximum atomic E-state index is 12.8. The van der Waals surface area contributed by atoms with Gasteiger partial charge in [-0.3, -0.25) is 24.6 Å². The van der Waals surface area contributed by atoms with E-state index >= 15 is 0 Å². The van der Waals surface area contributed by atoms with Crippen molar-refractivity contribution in [1.82, 2.24) is 19.7 Å². The number of hydrogen-bond acceptors (Lipinski definition) is 10. The summed E-state index contributed by atoms with van der Waals surface area (Å²) in [6.45, 7) is 6.02. The molecule has 5 rings (SSSR count). The Morgan fingerprint density at radius 1 is 1.07 bits per heavy atom. The van der Waals surface area contributed by atoms with E-state index in [4.69, 9.17) is 14.2 Å². The van der Waals surface area contributed by atoms with Crippen LogP contribution in [0.15, 0.2) is 54.6 Å². The highest BCUT2D eigenvalue weighted by molar-refractivity contribution is 7.22. The van der Waals surface area contributed by atoms with Gasteiger partial charge in [0.1, 0.15) is 0 Å². The number of piperazine rings is 1. The topological polar surface area (TPSA) is 114 Å². The molecule has 11 nitrogen and oxygen atoms in total. The van der Waals surface area contributed by atoms with Crippen LogP contribution < -0.4 is 14.8 Å². The second kappa shape index (κ2) is 13.9. The number of amides is 2. The summed E-state index contributed by atoms with van der Waals surface area (Å²) in [5.74, 6) is -0.321. The predicted molar refractivity (Wildman–Crippen MR) is 160 cm³/mol. The highest BCUT2D eigenvalue weighted by Crippen LogP contribution is 2.29. The molecular weight excluding hydrogens is 558 g/mol. The highest BCUT2D eigenvalue weighted by Gasteiger charge is 2.26. The molecule has 2 amide bonds. The van der Waals surface area contributed by atoms with Gasteiger partial charge in [0.05, 0.1) is 30.0 Å². The molecule has 2 fully saturated rings. The minimum atomic E-state index is -0.369. The third kappa shape index (κ3) is 7.71. The number of nitrogens with zero attached hydrogens (tertiary/aromatic N) is 4. The van der Waals surface area contributed by atoms with Gasteiger partial charge in [-0.15, -0.1) is 0 Å². The molecule has 2 saturated heterocycles. The molecular formula is C30H35N5O6S. The first-order valence-corrected chi connectivity index (χ1v) is 14.7. The number of morpholine rings is 1. The van der Waals surface area contributed by atoms with Crippen molar-refractivity contribution in [2.75, 3.05) is 78.5 Å². The molecule has 1 aromatic heterocycles. The Labute approximate surface area is 248 Å². The number of ketones is 1. The van der Waals surface area contributed by atoms with Gasteiger partial charge >= 0.3 is 0 Å². The van der Waals surface area contributed by atoms with Crippen LogP contribution in [-0.4, -0.2) is 117 Å². The molecule has 0 radical (unpaired) electrons. The summed E-state index contributed by atoms with van der Waals surface area (Å²) in [5, 5.41) is 3.23. The standard InChI is InChI=1S/C30H35N5O6S/c1-33-11-13-34(14-12-33)18-22-19-35(15-16-40-22)29(38)10-8-24(36)21-7-9-25(26(17-21)39-2)41-20-28(37)32-30-31-23-5-3-4-6-27(23)42-30/h3-10,17,22H,11-16,18-20H2,1-2H3,(H,31,32,37). The molecule has 3 heterocycles. The summed E-state index contributed by atoms with van der Waals surface area (Å²) in [6.07, 6.45) is 2.54. The van der Waals surface area contributed by atoms with Crippen LogP contribution in [0.3, 0.4) is 0 Å². The SMILES string of the molecule is COc1cc(C(=O)C=CC(=O)N2CCOC(CN3CCN(C)CC3)C2)ccc1OCC(=O)Nc1nc2ccccc2s1. The summed E-state index contributed by atoms with van der Waals surface area (Å²) in [7, 11) is 3.57. The van der Waals surface area contributed by atoms with Crippen molar-refractivity contribution in [1.29, 1.82) is 0 Å². The number of carbonyl (C=O) groups is 3. The van der Waals surface area contributed by atoms with Crippen molar-refractivity contribution in [2.45, 2.75) is 6.10 Å². The number of aromatic nitrogens is 1. The molecule has 0 spiro atoms. The van der Waals surface area contributed by atoms with Gasteiger partial charge < -0.3 is 24.0 Å². The first kappa shape index (κ1) is 29.6. The molecule has 42 heavy (non-hydrogen) atoms. The van der Waals surface area contributed by atoms with Gasteiger partial charge in [0.25, 0.3) is 5.91 Å². The molecule has 0 saturated carbocycles. The maximum Gasteiger partial charge on any atom is 0.264 e. The van der Waals surface area contributed by atoms with Crippen molar-refractivity contribution in [3.63, 3.8) is 0 Å². The highest BCUT2D eigenvalue weighted by atomic mass is 32.1. The van der Waals surface area contributed by atoms with Crippen LogP contribution in [0.5, 0.6) is 11.5 Å². The first-order chi connectivity index (χ1) is 20.4. The molecule has 1 atom stereocenters. The van der Waals surface area contributed by atoms with E-state index in [9.17, 15) is 14.4 Å². The van der Waals surface area contributed by atoms with Crippen LogP contribution in [0.2, 0.25) is 0 Å². The lowest BCUT2D eigenvalue weighted by Crippen LogP contribution is -2.52. The maximum absolute atomic E-state index is 12.8. The second-order valence-electron chi connectivity index (χ2n) is 10.3. The number of rotatable bonds is 10. The Hall–Kier alpha value is -3.84. The summed E-state index contributed by atoms with van der Waals surface area (Å²) in [5.41, 5.74) is 1.14. The minimum absolute atomic E-state index is 0.0460. The Kier molecular flexibility index (Phi) is 9.80. The average molecular weight is 594 g/mol. The van der Waals surface area contributed by atoms with Crippen LogP contribution in [0.25, 0.3) is 10.2 Å². The molecule has 2 aliphatic heterocycles. The van der Waals surface area contributed by atoms with Crippen molar-refractivity contribution < 1.29 is 28.6 Å². The van der Waals surface area contributed by atoms with Crippen LogP contribution in [0, 0.1) is 0 Å². The number of fused-ring (bicyclic) bond motifs is 1. The number of allylic oxidation sites excluding steroid dienone is 1. The first-order valence-electron chi connectivity index (χ1n) is 13.9. The molecule has 1 unspecified atom stereocenters. The van der Waals surface area contributed by atoms with Gasteiger partial charge in [0, 0.05) is 57.5 Å². The number of anilines is 1. The van der Waals surface area contributed by atoms with Crippen LogP contribution in [0.1, 0.15) is 10.4 Å². The van der Waals surface area contributed by atoms with Crippen LogP contribution in [-0.2, 0) is 14.3 Å². The number of nitrogens with one attached hydrogen (secondary N) is 1. The fourth-order valence-corrected chi connectivity index (χ4v) is 5.74. The van der Waals surface area contributed by atoms with E-state index in [-0.39, 0.29) is 30.3 Å². The van der Waals surface area contributed by atoms with Gasteiger partial charge in [-0.1, -0.05) is 23.5 Å². The lowest BCUT2D eigenvalue weighted by Gasteiger charge is -2.38. The molecule has 1 N–H and O–H groups in total. The van der Waals surface area contributed by atoms with Gasteiger partial charge in [-0.05, 0) is 43.5 Å². The van der Waals surface area contributed by atoms with E-state index in [2.05, 4.69) is 27.1 Å². The Balaban J connectivity index is 1.12. The smallest absolute Gasteiger partial charge is 0.264 e. The normalized spacial score (nSPS) is 18.3. The summed E-state index contributed by atoms with van der Waals surface area (Å²) < 4.78 is 17.9. The van der Waals surface area contributed by atoms with Gasteiger partial charge in [-0.2, -0.15) is 0 Å². The largest absolute Gasteiger partial charge is 0.493 e. The fraction of sp³-hybridized carbons (Fsp3) is 0.400. The molecule has 0 aliphatic carbocycles. The molecule has 2 aliphatic rings. The number of likely N-dealkylation sites (N-methyl/N-ethyl adjacent to an activating group) is 1. The third-order valence-corrected chi connectivity index (χ3v) is 8.18. The molecule has 2 aromatic carbocycles. The number of thiazole rings is 1. The van der Waals surface area contributed by atoms with Crippen molar-refractivity contribution >= 4 is 44.3 Å². The fourth-order valence-electron chi connectivity index (χ4n) is 4.86. The zero-order valence-electron chi connectivity index (χ0n) is 23.8. The number of para-hydroxylation sites is 1. The average Bonchev–Trinajstić information content (AvgIpc) is 3.42. The summed E-state index contributed by atoms with van der Waals surface area (Å²) >= 11 is 1.38. The lowest BCUT2D eigenvalue weighted by molar-refractivity contribution is -0.134. The quantitative estimate of drug-likeness (QED) is 0.280. The summed E-state index contributed by atoms with van der Waals surface area (Å²) in [4.78, 5) is 48.9.